The first kappa shape index (κ1) is 36.1. The van der Waals surface area contributed by atoms with Gasteiger partial charge in [-0.15, -0.1) is 0 Å². The van der Waals surface area contributed by atoms with Crippen LogP contribution in [0.3, 0.4) is 0 Å². The Bertz CT molecular complexity index is 2460. The van der Waals surface area contributed by atoms with Crippen molar-refractivity contribution >= 4 is 24.3 Å². The van der Waals surface area contributed by atoms with Crippen molar-refractivity contribution in [2.45, 2.75) is 72.0 Å². The van der Waals surface area contributed by atoms with Crippen molar-refractivity contribution in [2.24, 2.45) is 7.05 Å². The van der Waals surface area contributed by atoms with E-state index in [1.807, 2.05) is 0 Å². The maximum Gasteiger partial charge on any atom is 0.144 e. The predicted octanol–water partition coefficient (Wildman–Crippen LogP) is 12.1. The Hall–Kier alpha value is -5.26. The fourth-order valence-electron chi connectivity index (χ4n) is 7.29. The van der Waals surface area contributed by atoms with Gasteiger partial charge in [0.15, 0.2) is 0 Å². The summed E-state index contributed by atoms with van der Waals surface area (Å²) < 4.78 is 2.12. The molecule has 268 valence electrons. The molecule has 0 atom stereocenters. The number of nitrogens with zero attached hydrogens (tertiary/aromatic N) is 3. The lowest BCUT2D eigenvalue weighted by atomic mass is 9.79. The first-order valence-electron chi connectivity index (χ1n) is 18.6. The number of hydrogen-bond acceptors (Lipinski definition) is 3. The highest BCUT2D eigenvalue weighted by Gasteiger charge is 2.28. The number of imidazole rings is 1. The van der Waals surface area contributed by atoms with Gasteiger partial charge < -0.3 is 9.67 Å². The van der Waals surface area contributed by atoms with Crippen molar-refractivity contribution in [3.05, 3.63) is 133 Å². The van der Waals surface area contributed by atoms with E-state index in [1.165, 1.54) is 21.9 Å². The van der Waals surface area contributed by atoms with Crippen molar-refractivity contribution in [3.63, 3.8) is 0 Å². The van der Waals surface area contributed by atoms with Crippen LogP contribution in [0, 0.1) is 0 Å². The number of phenolic OH excluding ortho intramolecular Hbond substituents is 1. The maximum absolute atomic E-state index is 11.8. The van der Waals surface area contributed by atoms with Crippen LogP contribution >= 0.6 is 0 Å². The fourth-order valence-corrected chi connectivity index (χ4v) is 8.77. The number of benzene rings is 5. The molecule has 7 rings (SSSR count). The minimum Gasteiger partial charge on any atom is -0.507 e. The molecule has 0 radical (unpaired) electrons. The third-order valence-corrected chi connectivity index (χ3v) is 12.4. The first-order chi connectivity index (χ1) is 25.0. The molecule has 0 saturated carbocycles. The Kier molecular flexibility index (Phi) is 9.06. The third-order valence-electron chi connectivity index (χ3n) is 10.4. The van der Waals surface area contributed by atoms with E-state index in [1.54, 1.807) is 0 Å². The summed E-state index contributed by atoms with van der Waals surface area (Å²) in [5, 5.41) is 13.2. The average Bonchev–Trinajstić information content (AvgIpc) is 3.46. The van der Waals surface area contributed by atoms with E-state index in [0.29, 0.717) is 5.75 Å². The van der Waals surface area contributed by atoms with Crippen LogP contribution in [0.1, 0.15) is 52.7 Å². The second-order valence-electron chi connectivity index (χ2n) is 17.5. The Morgan fingerprint density at radius 3 is 1.83 bits per heavy atom. The smallest absolute Gasteiger partial charge is 0.144 e. The number of aromatic nitrogens is 3. The molecule has 0 spiro atoms. The molecule has 7 aromatic rings. The zero-order valence-electron chi connectivity index (χ0n) is 32.8. The monoisotopic (exact) mass is 713 g/mol. The van der Waals surface area contributed by atoms with Gasteiger partial charge in [-0.2, -0.15) is 0 Å². The summed E-state index contributed by atoms with van der Waals surface area (Å²) >= 11 is 0. The maximum atomic E-state index is 11.8. The molecule has 1 N–H and O–H groups in total. The molecule has 5 aromatic carbocycles. The van der Waals surface area contributed by atoms with E-state index < -0.39 is 8.07 Å². The topological polar surface area (TPSA) is 50.9 Å². The van der Waals surface area contributed by atoms with Crippen LogP contribution in [0.15, 0.2) is 121 Å². The minimum atomic E-state index is -1.70. The van der Waals surface area contributed by atoms with E-state index in [9.17, 15) is 5.11 Å². The second kappa shape index (κ2) is 13.3. The minimum absolute atomic E-state index is 0.103. The van der Waals surface area contributed by atoms with Gasteiger partial charge in [0.1, 0.15) is 11.6 Å². The van der Waals surface area contributed by atoms with Gasteiger partial charge in [0.2, 0.25) is 0 Å². The van der Waals surface area contributed by atoms with Crippen LogP contribution in [0.2, 0.25) is 19.6 Å². The number of phenols is 1. The van der Waals surface area contributed by atoms with Gasteiger partial charge in [0.05, 0.1) is 30.4 Å². The molecule has 0 amide bonds. The molecule has 53 heavy (non-hydrogen) atoms. The second-order valence-corrected chi connectivity index (χ2v) is 22.5. The SMILES string of the molecule is Cn1c(-c2cc(C(C)(C)C)cc(C(C)(C)C)c2O)nc2c(-c3cc(-c4ccccc4)cc(-c4cc(-c5ccccc5)c([Si](C)(C)C)cn4)c3)cccc21. The summed E-state index contributed by atoms with van der Waals surface area (Å²) in [5.41, 5.74) is 13.2. The molecule has 0 aliphatic rings. The number of para-hydroxylation sites is 1. The summed E-state index contributed by atoms with van der Waals surface area (Å²) in [6, 6.07) is 41.0. The van der Waals surface area contributed by atoms with Gasteiger partial charge in [-0.3, -0.25) is 4.98 Å². The summed E-state index contributed by atoms with van der Waals surface area (Å²) in [7, 11) is 0.354. The van der Waals surface area contributed by atoms with Gasteiger partial charge in [0.25, 0.3) is 0 Å². The lowest BCUT2D eigenvalue weighted by molar-refractivity contribution is 0.446. The van der Waals surface area contributed by atoms with E-state index in [2.05, 4.69) is 194 Å². The molecule has 0 saturated heterocycles. The number of pyridine rings is 1. The number of fused-ring (bicyclic) bond motifs is 1. The molecular weight excluding hydrogens is 663 g/mol. The lowest BCUT2D eigenvalue weighted by Crippen LogP contribution is -2.39. The molecule has 0 aliphatic heterocycles. The van der Waals surface area contributed by atoms with E-state index in [0.717, 1.165) is 61.5 Å². The standard InChI is InChI=1S/C48H51N3OSi/c1-47(2,3)36-27-39(45(52)40(28-36)48(4,5)6)46-50-44-37(22-17-23-42(44)51(46)7)34-24-33(31-18-13-11-14-19-31)25-35(26-34)41-29-38(32-20-15-12-16-21-32)43(30-49-41)53(8,9)10/h11-30,52H,1-10H3. The summed E-state index contributed by atoms with van der Waals surface area (Å²) in [6.45, 7) is 20.3. The Balaban J connectivity index is 1.46. The fraction of sp³-hybridized carbons (Fsp3) is 0.250. The van der Waals surface area contributed by atoms with Gasteiger partial charge in [0, 0.05) is 29.9 Å². The number of aryl methyl sites for hydroxylation is 1. The van der Waals surface area contributed by atoms with Gasteiger partial charge in [-0.1, -0.05) is 140 Å². The zero-order valence-corrected chi connectivity index (χ0v) is 33.8. The van der Waals surface area contributed by atoms with Gasteiger partial charge in [-0.05, 0) is 85.8 Å². The van der Waals surface area contributed by atoms with Crippen LogP contribution in [-0.2, 0) is 17.9 Å². The van der Waals surface area contributed by atoms with E-state index >= 15 is 0 Å². The molecule has 5 heteroatoms. The highest BCUT2D eigenvalue weighted by Crippen LogP contribution is 2.43. The number of hydrogen-bond donors (Lipinski definition) is 1. The molecule has 0 bridgehead atoms. The normalized spacial score (nSPS) is 12.4. The Morgan fingerprint density at radius 1 is 0.585 bits per heavy atom. The Morgan fingerprint density at radius 2 is 1.21 bits per heavy atom. The Labute approximate surface area is 316 Å². The predicted molar refractivity (Wildman–Crippen MR) is 228 cm³/mol. The molecule has 0 unspecified atom stereocenters. The van der Waals surface area contributed by atoms with Crippen LogP contribution < -0.4 is 5.19 Å². The first-order valence-corrected chi connectivity index (χ1v) is 22.1. The number of aromatic hydroxyl groups is 1. The van der Waals surface area contributed by atoms with Crippen LogP contribution in [0.5, 0.6) is 5.75 Å². The van der Waals surface area contributed by atoms with Crippen molar-refractivity contribution in [1.29, 1.82) is 0 Å². The highest BCUT2D eigenvalue weighted by atomic mass is 28.3. The molecular formula is C48H51N3OSi. The average molecular weight is 714 g/mol. The third kappa shape index (κ3) is 6.98. The molecule has 2 heterocycles. The van der Waals surface area contributed by atoms with Crippen LogP contribution in [0.4, 0.5) is 0 Å². The van der Waals surface area contributed by atoms with Crippen molar-refractivity contribution in [2.75, 3.05) is 0 Å². The zero-order chi connectivity index (χ0) is 37.9. The molecule has 0 aliphatic carbocycles. The van der Waals surface area contributed by atoms with Crippen molar-refractivity contribution in [1.82, 2.24) is 14.5 Å². The quantitative estimate of drug-likeness (QED) is 0.175. The lowest BCUT2D eigenvalue weighted by Gasteiger charge is -2.27. The highest BCUT2D eigenvalue weighted by molar-refractivity contribution is 6.89. The van der Waals surface area contributed by atoms with Gasteiger partial charge in [-0.25, -0.2) is 4.98 Å². The van der Waals surface area contributed by atoms with Crippen molar-refractivity contribution < 1.29 is 5.11 Å². The molecule has 2 aromatic heterocycles. The summed E-state index contributed by atoms with van der Waals surface area (Å²) in [5.74, 6) is 1.04. The van der Waals surface area contributed by atoms with Crippen LogP contribution in [-0.4, -0.2) is 27.7 Å². The van der Waals surface area contributed by atoms with Crippen molar-refractivity contribution in [3.8, 4) is 61.8 Å². The van der Waals surface area contributed by atoms with E-state index in [4.69, 9.17) is 9.97 Å². The largest absolute Gasteiger partial charge is 0.507 e. The molecule has 0 fully saturated rings. The summed E-state index contributed by atoms with van der Waals surface area (Å²) in [6.07, 6.45) is 2.12. The number of rotatable bonds is 6. The summed E-state index contributed by atoms with van der Waals surface area (Å²) in [4.78, 5) is 10.5. The van der Waals surface area contributed by atoms with E-state index in [-0.39, 0.29) is 10.8 Å². The van der Waals surface area contributed by atoms with Gasteiger partial charge >= 0.3 is 0 Å². The van der Waals surface area contributed by atoms with Crippen LogP contribution in [0.25, 0.3) is 67.1 Å². The molecule has 4 nitrogen and oxygen atoms in total.